The van der Waals surface area contributed by atoms with E-state index in [1.807, 2.05) is 58.9 Å². The average Bonchev–Trinajstić information content (AvgIpc) is 2.80. The van der Waals surface area contributed by atoms with E-state index >= 15 is 0 Å². The van der Waals surface area contributed by atoms with Crippen molar-refractivity contribution in [2.45, 2.75) is 59.6 Å². The van der Waals surface area contributed by atoms with Crippen molar-refractivity contribution in [1.29, 1.82) is 0 Å². The fourth-order valence-electron chi connectivity index (χ4n) is 3.24. The molecule has 5 heteroatoms. The summed E-state index contributed by atoms with van der Waals surface area (Å²) in [6.07, 6.45) is 1.12. The largest absolute Gasteiger partial charge is 0.503 e. The molecule has 0 spiro atoms. The fraction of sp³-hybridized carbons (Fsp3) is 0.524. The Labute approximate surface area is 155 Å². The van der Waals surface area contributed by atoms with Gasteiger partial charge in [-0.25, -0.2) is 0 Å². The number of aliphatic hydroxyl groups is 1. The Morgan fingerprint density at radius 2 is 1.81 bits per heavy atom. The Balaban J connectivity index is 2.41. The third-order valence-electron chi connectivity index (χ3n) is 4.23. The van der Waals surface area contributed by atoms with E-state index in [9.17, 15) is 14.7 Å². The standard InChI is InChI=1S/C21H29NO4/c1-6-11-22-19(15-7-9-16(10-8-15)26-14(4)5)18(20(24)21(22)25)17(23)12-13(2)3/h7-10,13-14,19,24H,6,11-12H2,1-5H3. The van der Waals surface area contributed by atoms with E-state index < -0.39 is 17.7 Å². The maximum atomic E-state index is 12.7. The normalized spacial score (nSPS) is 17.6. The molecule has 0 saturated heterocycles. The topological polar surface area (TPSA) is 66.8 Å². The minimum Gasteiger partial charge on any atom is -0.503 e. The summed E-state index contributed by atoms with van der Waals surface area (Å²) in [7, 11) is 0. The van der Waals surface area contributed by atoms with Crippen LogP contribution in [-0.2, 0) is 9.59 Å². The summed E-state index contributed by atoms with van der Waals surface area (Å²) in [5.41, 5.74) is 1.02. The van der Waals surface area contributed by atoms with E-state index in [2.05, 4.69) is 0 Å². The van der Waals surface area contributed by atoms with Crippen molar-refractivity contribution in [3.8, 4) is 5.75 Å². The SMILES string of the molecule is CCCN1C(=O)C(O)=C(C(=O)CC(C)C)C1c1ccc(OC(C)C)cc1. The van der Waals surface area contributed by atoms with Gasteiger partial charge in [0, 0.05) is 13.0 Å². The molecule has 142 valence electrons. The van der Waals surface area contributed by atoms with Crippen molar-refractivity contribution in [1.82, 2.24) is 4.90 Å². The van der Waals surface area contributed by atoms with Gasteiger partial charge in [0.1, 0.15) is 5.75 Å². The molecule has 1 aliphatic heterocycles. The summed E-state index contributed by atoms with van der Waals surface area (Å²) in [6, 6.07) is 6.86. The van der Waals surface area contributed by atoms with Gasteiger partial charge in [-0.1, -0.05) is 32.9 Å². The number of ether oxygens (including phenoxy) is 1. The van der Waals surface area contributed by atoms with Crippen LogP contribution in [0.3, 0.4) is 0 Å². The maximum absolute atomic E-state index is 12.7. The minimum absolute atomic E-state index is 0.0672. The Morgan fingerprint density at radius 1 is 1.19 bits per heavy atom. The highest BCUT2D eigenvalue weighted by Gasteiger charge is 2.42. The van der Waals surface area contributed by atoms with Crippen molar-refractivity contribution < 1.29 is 19.4 Å². The summed E-state index contributed by atoms with van der Waals surface area (Å²) in [5.74, 6) is -0.154. The summed E-state index contributed by atoms with van der Waals surface area (Å²) < 4.78 is 5.67. The molecule has 0 aromatic heterocycles. The first-order valence-corrected chi connectivity index (χ1v) is 9.30. The number of nitrogens with zero attached hydrogens (tertiary/aromatic N) is 1. The predicted molar refractivity (Wildman–Crippen MR) is 101 cm³/mol. The second kappa shape index (κ2) is 8.39. The zero-order valence-corrected chi connectivity index (χ0v) is 16.3. The van der Waals surface area contributed by atoms with E-state index in [0.29, 0.717) is 13.0 Å². The van der Waals surface area contributed by atoms with Gasteiger partial charge in [0.15, 0.2) is 11.5 Å². The highest BCUT2D eigenvalue weighted by molar-refractivity contribution is 6.09. The predicted octanol–water partition coefficient (Wildman–Crippen LogP) is 4.19. The zero-order valence-electron chi connectivity index (χ0n) is 16.3. The number of carbonyl (C=O) groups excluding carboxylic acids is 2. The molecule has 1 unspecified atom stereocenters. The fourth-order valence-corrected chi connectivity index (χ4v) is 3.24. The van der Waals surface area contributed by atoms with E-state index in [1.54, 1.807) is 4.90 Å². The number of aliphatic hydroxyl groups excluding tert-OH is 1. The molecule has 1 N–H and O–H groups in total. The summed E-state index contributed by atoms with van der Waals surface area (Å²) >= 11 is 0. The highest BCUT2D eigenvalue weighted by Crippen LogP contribution is 2.39. The van der Waals surface area contributed by atoms with Crippen LogP contribution in [0, 0.1) is 5.92 Å². The molecule has 1 amide bonds. The monoisotopic (exact) mass is 359 g/mol. The molecule has 1 aromatic carbocycles. The van der Waals surface area contributed by atoms with Gasteiger partial charge in [-0.05, 0) is 43.9 Å². The first kappa shape index (κ1) is 20.0. The Hall–Kier alpha value is -2.30. The van der Waals surface area contributed by atoms with Gasteiger partial charge in [-0.3, -0.25) is 9.59 Å². The molecule has 1 atom stereocenters. The van der Waals surface area contributed by atoms with Crippen LogP contribution in [-0.4, -0.2) is 34.3 Å². The molecule has 1 aliphatic rings. The van der Waals surface area contributed by atoms with Crippen molar-refractivity contribution >= 4 is 11.7 Å². The van der Waals surface area contributed by atoms with Crippen LogP contribution >= 0.6 is 0 Å². The first-order valence-electron chi connectivity index (χ1n) is 9.30. The van der Waals surface area contributed by atoms with Crippen LogP contribution in [0.5, 0.6) is 5.75 Å². The second-order valence-electron chi connectivity index (χ2n) is 7.42. The van der Waals surface area contributed by atoms with Gasteiger partial charge in [-0.15, -0.1) is 0 Å². The van der Waals surface area contributed by atoms with E-state index in [-0.39, 0.29) is 23.4 Å². The molecule has 0 radical (unpaired) electrons. The molecule has 0 fully saturated rings. The Bertz CT molecular complexity index is 688. The minimum atomic E-state index is -0.540. The number of amides is 1. The summed E-state index contributed by atoms with van der Waals surface area (Å²) in [4.78, 5) is 26.9. The Kier molecular flexibility index (Phi) is 6.46. The van der Waals surface area contributed by atoms with Gasteiger partial charge in [0.05, 0.1) is 17.7 Å². The van der Waals surface area contributed by atoms with E-state index in [0.717, 1.165) is 17.7 Å². The van der Waals surface area contributed by atoms with Crippen LogP contribution in [0.1, 0.15) is 59.1 Å². The molecule has 26 heavy (non-hydrogen) atoms. The van der Waals surface area contributed by atoms with Gasteiger partial charge in [0.2, 0.25) is 0 Å². The van der Waals surface area contributed by atoms with Gasteiger partial charge < -0.3 is 14.7 Å². The zero-order chi connectivity index (χ0) is 19.4. The number of carbonyl (C=O) groups is 2. The third-order valence-corrected chi connectivity index (χ3v) is 4.23. The molecule has 1 heterocycles. The van der Waals surface area contributed by atoms with Crippen molar-refractivity contribution in [3.05, 3.63) is 41.2 Å². The number of rotatable bonds is 8. The molecule has 5 nitrogen and oxygen atoms in total. The van der Waals surface area contributed by atoms with Gasteiger partial charge in [0.25, 0.3) is 5.91 Å². The molecule has 1 aromatic rings. The van der Waals surface area contributed by atoms with Crippen molar-refractivity contribution in [2.75, 3.05) is 6.54 Å². The molecule has 0 aliphatic carbocycles. The first-order chi connectivity index (χ1) is 12.3. The molecule has 0 bridgehead atoms. The van der Waals surface area contributed by atoms with E-state index in [4.69, 9.17) is 4.74 Å². The molecule has 0 saturated carbocycles. The van der Waals surface area contributed by atoms with Crippen LogP contribution in [0.15, 0.2) is 35.6 Å². The third kappa shape index (κ3) is 4.26. The molecule has 2 rings (SSSR count). The maximum Gasteiger partial charge on any atom is 0.290 e. The number of hydrogen-bond acceptors (Lipinski definition) is 4. The van der Waals surface area contributed by atoms with Crippen LogP contribution in [0.2, 0.25) is 0 Å². The van der Waals surface area contributed by atoms with Gasteiger partial charge in [-0.2, -0.15) is 0 Å². The second-order valence-corrected chi connectivity index (χ2v) is 7.42. The number of ketones is 1. The molecular weight excluding hydrogens is 330 g/mol. The van der Waals surface area contributed by atoms with Crippen LogP contribution in [0.25, 0.3) is 0 Å². The lowest BCUT2D eigenvalue weighted by atomic mass is 9.92. The van der Waals surface area contributed by atoms with Crippen LogP contribution < -0.4 is 4.74 Å². The lowest BCUT2D eigenvalue weighted by Gasteiger charge is -2.26. The van der Waals surface area contributed by atoms with E-state index in [1.165, 1.54) is 0 Å². The lowest BCUT2D eigenvalue weighted by molar-refractivity contribution is -0.129. The number of benzene rings is 1. The number of hydrogen-bond donors (Lipinski definition) is 1. The van der Waals surface area contributed by atoms with Crippen LogP contribution in [0.4, 0.5) is 0 Å². The highest BCUT2D eigenvalue weighted by atomic mass is 16.5. The summed E-state index contributed by atoms with van der Waals surface area (Å²) in [6.45, 7) is 10.3. The molecular formula is C21H29NO4. The quantitative estimate of drug-likeness (QED) is 0.755. The summed E-state index contributed by atoms with van der Waals surface area (Å²) in [5, 5.41) is 10.4. The van der Waals surface area contributed by atoms with Gasteiger partial charge >= 0.3 is 0 Å². The smallest absolute Gasteiger partial charge is 0.290 e. The number of Topliss-reactive ketones (excluding diaryl/α,β-unsaturated/α-hetero) is 1. The average molecular weight is 359 g/mol. The van der Waals surface area contributed by atoms with Crippen molar-refractivity contribution in [3.63, 3.8) is 0 Å². The Morgan fingerprint density at radius 3 is 2.31 bits per heavy atom. The van der Waals surface area contributed by atoms with Crippen molar-refractivity contribution in [2.24, 2.45) is 5.92 Å². The lowest BCUT2D eigenvalue weighted by Crippen LogP contribution is -2.31.